The van der Waals surface area contributed by atoms with Gasteiger partial charge >= 0.3 is 29.6 Å². The minimum Gasteiger partial charge on any atom is -0.548 e. The van der Waals surface area contributed by atoms with Gasteiger partial charge in [0.2, 0.25) is 0 Å². The molecule has 2 heterocycles. The first-order valence-corrected chi connectivity index (χ1v) is 3.97. The molecular formula is C8H7N2NaO3. The SMILES string of the molecule is O=C([O-])[C@@H]1CCc2nccc(=O)n21.[Na+]. The van der Waals surface area contributed by atoms with E-state index in [2.05, 4.69) is 4.98 Å². The number of carboxylic acid groups (broad SMARTS) is 1. The molecule has 0 aromatic carbocycles. The van der Waals surface area contributed by atoms with Crippen molar-refractivity contribution in [2.45, 2.75) is 18.9 Å². The van der Waals surface area contributed by atoms with Crippen LogP contribution in [-0.2, 0) is 11.2 Å². The van der Waals surface area contributed by atoms with E-state index >= 15 is 0 Å². The Morgan fingerprint density at radius 3 is 3.00 bits per heavy atom. The van der Waals surface area contributed by atoms with Crippen LogP contribution in [0.15, 0.2) is 17.1 Å². The van der Waals surface area contributed by atoms with Crippen molar-refractivity contribution >= 4 is 5.97 Å². The molecule has 0 spiro atoms. The van der Waals surface area contributed by atoms with E-state index in [1.54, 1.807) is 0 Å². The van der Waals surface area contributed by atoms with Crippen molar-refractivity contribution < 1.29 is 39.5 Å². The Morgan fingerprint density at radius 1 is 1.64 bits per heavy atom. The molecule has 0 saturated carbocycles. The maximum absolute atomic E-state index is 11.3. The van der Waals surface area contributed by atoms with Crippen molar-refractivity contribution in [3.63, 3.8) is 0 Å². The van der Waals surface area contributed by atoms with Gasteiger partial charge in [-0.2, -0.15) is 0 Å². The summed E-state index contributed by atoms with van der Waals surface area (Å²) in [4.78, 5) is 25.8. The van der Waals surface area contributed by atoms with E-state index in [-0.39, 0.29) is 35.1 Å². The standard InChI is InChI=1S/C8H8N2O3.Na/c11-7-3-4-9-6-2-1-5(8(12)13)10(6)7;/h3-5H,1-2H2,(H,12,13);/q;+1/p-1/t5-;/m0./s1. The number of hydrogen-bond donors (Lipinski definition) is 0. The molecule has 0 aliphatic carbocycles. The molecule has 1 aliphatic rings. The first-order chi connectivity index (χ1) is 6.20. The number of hydrogen-bond acceptors (Lipinski definition) is 4. The zero-order valence-electron chi connectivity index (χ0n) is 7.77. The molecule has 0 radical (unpaired) electrons. The largest absolute Gasteiger partial charge is 1.00 e. The first-order valence-electron chi connectivity index (χ1n) is 3.97. The van der Waals surface area contributed by atoms with E-state index in [0.29, 0.717) is 18.7 Å². The predicted octanol–water partition coefficient (Wildman–Crippen LogP) is -4.52. The molecule has 0 N–H and O–H groups in total. The van der Waals surface area contributed by atoms with Crippen LogP contribution in [0.3, 0.4) is 0 Å². The van der Waals surface area contributed by atoms with E-state index in [1.165, 1.54) is 16.8 Å². The molecule has 1 aromatic rings. The van der Waals surface area contributed by atoms with E-state index in [9.17, 15) is 14.7 Å². The van der Waals surface area contributed by atoms with Crippen molar-refractivity contribution in [1.29, 1.82) is 0 Å². The van der Waals surface area contributed by atoms with Gasteiger partial charge in [-0.25, -0.2) is 4.98 Å². The third-order valence-corrected chi connectivity index (χ3v) is 2.18. The van der Waals surface area contributed by atoms with Gasteiger partial charge in [0.05, 0.1) is 12.0 Å². The summed E-state index contributed by atoms with van der Waals surface area (Å²) in [6.07, 6.45) is 2.31. The van der Waals surface area contributed by atoms with Crippen LogP contribution in [0.5, 0.6) is 0 Å². The van der Waals surface area contributed by atoms with Crippen LogP contribution >= 0.6 is 0 Å². The number of carbonyl (C=O) groups is 1. The first kappa shape index (κ1) is 11.4. The zero-order chi connectivity index (χ0) is 9.42. The molecule has 5 nitrogen and oxygen atoms in total. The number of carboxylic acids is 1. The summed E-state index contributed by atoms with van der Waals surface area (Å²) in [5, 5.41) is 10.6. The number of rotatable bonds is 1. The van der Waals surface area contributed by atoms with Crippen LogP contribution in [-0.4, -0.2) is 15.5 Å². The predicted molar refractivity (Wildman–Crippen MR) is 40.9 cm³/mol. The van der Waals surface area contributed by atoms with Gasteiger partial charge in [0, 0.05) is 18.7 Å². The third-order valence-electron chi connectivity index (χ3n) is 2.18. The summed E-state index contributed by atoms with van der Waals surface area (Å²) < 4.78 is 1.19. The van der Waals surface area contributed by atoms with Crippen LogP contribution in [0.25, 0.3) is 0 Å². The average molecular weight is 202 g/mol. The molecule has 0 fully saturated rings. The van der Waals surface area contributed by atoms with Crippen LogP contribution in [0.2, 0.25) is 0 Å². The smallest absolute Gasteiger partial charge is 0.548 e. The van der Waals surface area contributed by atoms with Gasteiger partial charge in [-0.3, -0.25) is 9.36 Å². The Labute approximate surface area is 102 Å². The number of fused-ring (bicyclic) bond motifs is 1. The summed E-state index contributed by atoms with van der Waals surface area (Å²) in [5.74, 6) is -0.685. The fourth-order valence-corrected chi connectivity index (χ4v) is 1.59. The van der Waals surface area contributed by atoms with Gasteiger partial charge in [-0.15, -0.1) is 0 Å². The van der Waals surface area contributed by atoms with Crippen molar-refractivity contribution in [3.8, 4) is 0 Å². The van der Waals surface area contributed by atoms with Gasteiger partial charge in [-0.05, 0) is 6.42 Å². The average Bonchev–Trinajstić information content (AvgIpc) is 2.49. The number of aromatic nitrogens is 2. The van der Waals surface area contributed by atoms with E-state index in [0.717, 1.165) is 0 Å². The van der Waals surface area contributed by atoms with E-state index in [1.807, 2.05) is 0 Å². The molecule has 0 unspecified atom stereocenters. The number of aliphatic carboxylic acids is 1. The van der Waals surface area contributed by atoms with Crippen LogP contribution in [0, 0.1) is 0 Å². The zero-order valence-corrected chi connectivity index (χ0v) is 9.77. The molecule has 1 atom stereocenters. The number of nitrogens with zero attached hydrogens (tertiary/aromatic N) is 2. The Morgan fingerprint density at radius 2 is 2.36 bits per heavy atom. The maximum atomic E-state index is 11.3. The second-order valence-electron chi connectivity index (χ2n) is 2.94. The molecule has 68 valence electrons. The van der Waals surface area contributed by atoms with Crippen molar-refractivity contribution in [1.82, 2.24) is 9.55 Å². The molecule has 1 aromatic heterocycles. The van der Waals surface area contributed by atoms with Crippen molar-refractivity contribution in [2.24, 2.45) is 0 Å². The summed E-state index contributed by atoms with van der Waals surface area (Å²) in [5.41, 5.74) is -0.322. The summed E-state index contributed by atoms with van der Waals surface area (Å²) in [6.45, 7) is 0. The Balaban J connectivity index is 0.000000980. The van der Waals surface area contributed by atoms with Gasteiger partial charge in [0.15, 0.2) is 0 Å². The molecule has 0 bridgehead atoms. The van der Waals surface area contributed by atoms with Gasteiger partial charge in [0.1, 0.15) is 5.82 Å². The van der Waals surface area contributed by atoms with E-state index in [4.69, 9.17) is 0 Å². The second kappa shape index (κ2) is 4.25. The molecule has 14 heavy (non-hydrogen) atoms. The molecule has 2 rings (SSSR count). The van der Waals surface area contributed by atoms with E-state index < -0.39 is 12.0 Å². The van der Waals surface area contributed by atoms with Crippen molar-refractivity contribution in [3.05, 3.63) is 28.4 Å². The third kappa shape index (κ3) is 1.75. The summed E-state index contributed by atoms with van der Waals surface area (Å²) in [6, 6.07) is 0.418. The minimum absolute atomic E-state index is 0. The number of carbonyl (C=O) groups excluding carboxylic acids is 1. The molecular weight excluding hydrogens is 195 g/mol. The molecule has 6 heteroatoms. The fraction of sp³-hybridized carbons (Fsp3) is 0.375. The quantitative estimate of drug-likeness (QED) is 0.430. The minimum atomic E-state index is -1.21. The summed E-state index contributed by atoms with van der Waals surface area (Å²) >= 11 is 0. The molecule has 0 saturated heterocycles. The Hall–Kier alpha value is -0.650. The Bertz CT molecular complexity index is 415. The van der Waals surface area contributed by atoms with Gasteiger partial charge in [-0.1, -0.05) is 0 Å². The van der Waals surface area contributed by atoms with Crippen LogP contribution in [0.1, 0.15) is 18.3 Å². The van der Waals surface area contributed by atoms with Crippen LogP contribution in [0.4, 0.5) is 0 Å². The van der Waals surface area contributed by atoms with Crippen molar-refractivity contribution in [2.75, 3.05) is 0 Å². The second-order valence-corrected chi connectivity index (χ2v) is 2.94. The maximum Gasteiger partial charge on any atom is 1.00 e. The molecule has 0 amide bonds. The monoisotopic (exact) mass is 202 g/mol. The summed E-state index contributed by atoms with van der Waals surface area (Å²) in [7, 11) is 0. The fourth-order valence-electron chi connectivity index (χ4n) is 1.59. The normalized spacial score (nSPS) is 18.4. The molecule has 1 aliphatic heterocycles. The van der Waals surface area contributed by atoms with Gasteiger partial charge < -0.3 is 9.90 Å². The van der Waals surface area contributed by atoms with Crippen LogP contribution < -0.4 is 40.2 Å². The van der Waals surface area contributed by atoms with Gasteiger partial charge in [0.25, 0.3) is 5.56 Å². The topological polar surface area (TPSA) is 75.0 Å². The number of aryl methyl sites for hydroxylation is 1. The Kier molecular flexibility index (Phi) is 3.47.